The molecule has 0 aromatic carbocycles. The Labute approximate surface area is 89.5 Å². The minimum absolute atomic E-state index is 0.148. The second-order valence-corrected chi connectivity index (χ2v) is 4.24. The van der Waals surface area contributed by atoms with Crippen molar-refractivity contribution in [2.24, 2.45) is 5.92 Å². The maximum Gasteiger partial charge on any atom is 0.198 e. The number of aromatic nitrogens is 2. The van der Waals surface area contributed by atoms with Gasteiger partial charge in [-0.05, 0) is 38.8 Å². The van der Waals surface area contributed by atoms with E-state index >= 15 is 0 Å². The second kappa shape index (κ2) is 4.57. The topological polar surface area (TPSA) is 57.8 Å². The van der Waals surface area contributed by atoms with Gasteiger partial charge in [-0.3, -0.25) is 4.79 Å². The number of imidazole rings is 1. The molecule has 82 valence electrons. The Kier molecular flexibility index (Phi) is 3.16. The highest BCUT2D eigenvalue weighted by Crippen LogP contribution is 2.17. The smallest absolute Gasteiger partial charge is 0.198 e. The number of aryl methyl sites for hydroxylation is 1. The number of hydrogen-bond acceptors (Lipinski definition) is 3. The molecule has 0 bridgehead atoms. The van der Waals surface area contributed by atoms with E-state index < -0.39 is 0 Å². The Balaban J connectivity index is 1.91. The predicted molar refractivity (Wildman–Crippen MR) is 57.9 cm³/mol. The minimum Gasteiger partial charge on any atom is -0.340 e. The first kappa shape index (κ1) is 10.4. The van der Waals surface area contributed by atoms with Crippen LogP contribution in [0.25, 0.3) is 0 Å². The number of carbonyl (C=O) groups is 1. The first-order valence-electron chi connectivity index (χ1n) is 5.51. The van der Waals surface area contributed by atoms with Crippen molar-refractivity contribution in [3.05, 3.63) is 17.7 Å². The number of aromatic amines is 1. The molecule has 0 amide bonds. The molecule has 15 heavy (non-hydrogen) atoms. The molecule has 2 N–H and O–H groups in total. The van der Waals surface area contributed by atoms with Gasteiger partial charge in [-0.25, -0.2) is 4.98 Å². The van der Waals surface area contributed by atoms with Gasteiger partial charge >= 0.3 is 0 Å². The zero-order chi connectivity index (χ0) is 10.7. The molecule has 0 aliphatic carbocycles. The molecule has 1 aromatic rings. The van der Waals surface area contributed by atoms with E-state index in [1.807, 2.05) is 6.92 Å². The third-order valence-corrected chi connectivity index (χ3v) is 2.90. The summed E-state index contributed by atoms with van der Waals surface area (Å²) in [7, 11) is 0. The van der Waals surface area contributed by atoms with Gasteiger partial charge in [0.25, 0.3) is 0 Å². The highest BCUT2D eigenvalue weighted by molar-refractivity contribution is 5.92. The minimum atomic E-state index is 0.148. The van der Waals surface area contributed by atoms with Crippen molar-refractivity contribution in [1.29, 1.82) is 0 Å². The molecule has 1 saturated heterocycles. The molecular formula is C11H17N3O. The van der Waals surface area contributed by atoms with Crippen LogP contribution in [-0.2, 0) is 0 Å². The average Bonchev–Trinajstić information content (AvgIpc) is 2.66. The Morgan fingerprint density at radius 2 is 2.27 bits per heavy atom. The summed E-state index contributed by atoms with van der Waals surface area (Å²) in [4.78, 5) is 18.9. The van der Waals surface area contributed by atoms with Crippen molar-refractivity contribution in [3.8, 4) is 0 Å². The maximum atomic E-state index is 11.8. The van der Waals surface area contributed by atoms with Crippen LogP contribution in [0.5, 0.6) is 0 Å². The lowest BCUT2D eigenvalue weighted by molar-refractivity contribution is 0.0943. The molecule has 0 saturated carbocycles. The van der Waals surface area contributed by atoms with E-state index in [1.54, 1.807) is 6.20 Å². The van der Waals surface area contributed by atoms with Gasteiger partial charge in [0.2, 0.25) is 0 Å². The maximum absolute atomic E-state index is 11.8. The van der Waals surface area contributed by atoms with Gasteiger partial charge in [-0.2, -0.15) is 0 Å². The quantitative estimate of drug-likeness (QED) is 0.734. The van der Waals surface area contributed by atoms with Crippen LogP contribution in [0.4, 0.5) is 0 Å². The normalized spacial score (nSPS) is 17.9. The number of carbonyl (C=O) groups excluding carboxylic acids is 1. The molecule has 1 aromatic heterocycles. The summed E-state index contributed by atoms with van der Waals surface area (Å²) in [5.74, 6) is 1.20. The molecule has 2 heterocycles. The molecule has 1 aliphatic rings. The fourth-order valence-electron chi connectivity index (χ4n) is 2.00. The summed E-state index contributed by atoms with van der Waals surface area (Å²) in [5.41, 5.74) is 0.948. The predicted octanol–water partition coefficient (Wildman–Crippen LogP) is 1.29. The molecule has 4 heteroatoms. The van der Waals surface area contributed by atoms with E-state index in [-0.39, 0.29) is 5.78 Å². The van der Waals surface area contributed by atoms with E-state index in [2.05, 4.69) is 15.3 Å². The summed E-state index contributed by atoms with van der Waals surface area (Å²) in [6.07, 6.45) is 4.54. The number of hydrogen-bond donors (Lipinski definition) is 2. The van der Waals surface area contributed by atoms with Gasteiger partial charge in [0.15, 0.2) is 11.6 Å². The van der Waals surface area contributed by atoms with E-state index in [4.69, 9.17) is 0 Å². The van der Waals surface area contributed by atoms with Crippen molar-refractivity contribution in [2.45, 2.75) is 26.2 Å². The van der Waals surface area contributed by atoms with Gasteiger partial charge in [0, 0.05) is 18.3 Å². The Bertz CT molecular complexity index is 339. The van der Waals surface area contributed by atoms with Crippen LogP contribution in [0.3, 0.4) is 0 Å². The molecule has 1 aliphatic heterocycles. The van der Waals surface area contributed by atoms with Crippen molar-refractivity contribution in [3.63, 3.8) is 0 Å². The number of nitrogens with one attached hydrogen (secondary N) is 2. The van der Waals surface area contributed by atoms with E-state index in [0.29, 0.717) is 18.2 Å². The van der Waals surface area contributed by atoms with Gasteiger partial charge in [-0.1, -0.05) is 0 Å². The summed E-state index contributed by atoms with van der Waals surface area (Å²) in [6, 6.07) is 0. The van der Waals surface area contributed by atoms with Gasteiger partial charge in [0.1, 0.15) is 0 Å². The molecule has 0 atom stereocenters. The Morgan fingerprint density at radius 3 is 2.87 bits per heavy atom. The standard InChI is InChI=1S/C11H17N3O/c1-8-7-13-11(14-8)10(15)6-9-2-4-12-5-3-9/h7,9,12H,2-6H2,1H3,(H,13,14). The van der Waals surface area contributed by atoms with Gasteiger partial charge in [-0.15, -0.1) is 0 Å². The van der Waals surface area contributed by atoms with Crippen LogP contribution in [0.2, 0.25) is 0 Å². The van der Waals surface area contributed by atoms with Gasteiger partial charge < -0.3 is 10.3 Å². The largest absolute Gasteiger partial charge is 0.340 e. The van der Waals surface area contributed by atoms with E-state index in [9.17, 15) is 4.79 Å². The SMILES string of the molecule is Cc1cnc(C(=O)CC2CCNCC2)[nH]1. The Hall–Kier alpha value is -1.16. The second-order valence-electron chi connectivity index (χ2n) is 4.24. The molecule has 0 unspecified atom stereocenters. The van der Waals surface area contributed by atoms with E-state index in [0.717, 1.165) is 31.6 Å². The van der Waals surface area contributed by atoms with Crippen LogP contribution in [-0.4, -0.2) is 28.8 Å². The summed E-state index contributed by atoms with van der Waals surface area (Å²) < 4.78 is 0. The van der Waals surface area contributed by atoms with Crippen LogP contribution in [0.15, 0.2) is 6.20 Å². The molecule has 2 rings (SSSR count). The number of nitrogens with zero attached hydrogens (tertiary/aromatic N) is 1. The number of ketones is 1. The summed E-state index contributed by atoms with van der Waals surface area (Å²) >= 11 is 0. The van der Waals surface area contributed by atoms with Crippen molar-refractivity contribution >= 4 is 5.78 Å². The zero-order valence-corrected chi connectivity index (χ0v) is 9.05. The highest BCUT2D eigenvalue weighted by atomic mass is 16.1. The van der Waals surface area contributed by atoms with Crippen molar-refractivity contribution in [2.75, 3.05) is 13.1 Å². The third kappa shape index (κ3) is 2.65. The summed E-state index contributed by atoms with van der Waals surface area (Å²) in [5, 5.41) is 3.30. The first-order chi connectivity index (χ1) is 7.25. The molecule has 4 nitrogen and oxygen atoms in total. The van der Waals surface area contributed by atoms with Crippen LogP contribution >= 0.6 is 0 Å². The summed E-state index contributed by atoms with van der Waals surface area (Å²) in [6.45, 7) is 3.98. The fraction of sp³-hybridized carbons (Fsp3) is 0.636. The average molecular weight is 207 g/mol. The van der Waals surface area contributed by atoms with Crippen LogP contribution in [0.1, 0.15) is 35.6 Å². The van der Waals surface area contributed by atoms with Gasteiger partial charge in [0.05, 0.1) is 0 Å². The Morgan fingerprint density at radius 1 is 1.53 bits per heavy atom. The van der Waals surface area contributed by atoms with Crippen LogP contribution < -0.4 is 5.32 Å². The lowest BCUT2D eigenvalue weighted by atomic mass is 9.92. The monoisotopic (exact) mass is 207 g/mol. The molecular weight excluding hydrogens is 190 g/mol. The third-order valence-electron chi connectivity index (χ3n) is 2.90. The first-order valence-corrected chi connectivity index (χ1v) is 5.51. The number of rotatable bonds is 3. The number of Topliss-reactive ketones (excluding diaryl/α,β-unsaturated/α-hetero) is 1. The number of H-pyrrole nitrogens is 1. The zero-order valence-electron chi connectivity index (χ0n) is 9.05. The lowest BCUT2D eigenvalue weighted by Gasteiger charge is -2.21. The molecule has 1 fully saturated rings. The van der Waals surface area contributed by atoms with E-state index in [1.165, 1.54) is 0 Å². The van der Waals surface area contributed by atoms with Crippen molar-refractivity contribution < 1.29 is 4.79 Å². The number of piperidine rings is 1. The fourth-order valence-corrected chi connectivity index (χ4v) is 2.00. The van der Waals surface area contributed by atoms with Crippen molar-refractivity contribution in [1.82, 2.24) is 15.3 Å². The molecule has 0 radical (unpaired) electrons. The lowest BCUT2D eigenvalue weighted by Crippen LogP contribution is -2.29. The molecule has 0 spiro atoms. The highest BCUT2D eigenvalue weighted by Gasteiger charge is 2.19. The van der Waals surface area contributed by atoms with Crippen LogP contribution in [0, 0.1) is 12.8 Å².